The average molecular weight is 491 g/mol. The van der Waals surface area contributed by atoms with Crippen molar-refractivity contribution < 1.29 is 22.7 Å². The van der Waals surface area contributed by atoms with Crippen molar-refractivity contribution in [3.05, 3.63) is 89.0 Å². The molecule has 2 aliphatic heterocycles. The first-order chi connectivity index (χ1) is 16.7. The summed E-state index contributed by atoms with van der Waals surface area (Å²) in [5, 5.41) is 3.56. The van der Waals surface area contributed by atoms with Crippen molar-refractivity contribution in [1.82, 2.24) is 0 Å². The minimum Gasteiger partial charge on any atom is -0.378 e. The van der Waals surface area contributed by atoms with Gasteiger partial charge in [0.1, 0.15) is 0 Å². The van der Waals surface area contributed by atoms with E-state index in [1.54, 1.807) is 43.3 Å². The largest absolute Gasteiger partial charge is 0.378 e. The summed E-state index contributed by atoms with van der Waals surface area (Å²) in [6.45, 7) is 3.57. The summed E-state index contributed by atoms with van der Waals surface area (Å²) in [5.41, 5.74) is 4.13. The molecule has 1 saturated heterocycles. The van der Waals surface area contributed by atoms with Gasteiger partial charge in [-0.2, -0.15) is 0 Å². The second kappa shape index (κ2) is 8.94. The molecule has 0 aliphatic carbocycles. The fourth-order valence-corrected chi connectivity index (χ4v) is 5.97. The summed E-state index contributed by atoms with van der Waals surface area (Å²) in [5.74, 6) is 0.0144. The molecule has 35 heavy (non-hydrogen) atoms. The quantitative estimate of drug-likeness (QED) is 0.464. The summed E-state index contributed by atoms with van der Waals surface area (Å²) < 4.78 is 35.0. The average Bonchev–Trinajstić information content (AvgIpc) is 3.33. The Morgan fingerprint density at radius 2 is 1.69 bits per heavy atom. The Hall–Kier alpha value is -3.49. The maximum absolute atomic E-state index is 13.1. The lowest BCUT2D eigenvalue weighted by molar-refractivity contribution is 0.0827. The van der Waals surface area contributed by atoms with Crippen LogP contribution in [-0.2, 0) is 14.8 Å². The predicted molar refractivity (Wildman–Crippen MR) is 133 cm³/mol. The van der Waals surface area contributed by atoms with Crippen molar-refractivity contribution in [2.45, 2.75) is 37.3 Å². The Kier molecular flexibility index (Phi) is 5.94. The third-order valence-corrected chi connectivity index (χ3v) is 8.09. The van der Waals surface area contributed by atoms with Crippen molar-refractivity contribution in [2.75, 3.05) is 16.6 Å². The van der Waals surface area contributed by atoms with Crippen LogP contribution in [0, 0.1) is 5.92 Å². The lowest BCUT2D eigenvalue weighted by Gasteiger charge is -2.36. The van der Waals surface area contributed by atoms with Gasteiger partial charge in [0.2, 0.25) is 0 Å². The Labute approximate surface area is 204 Å². The van der Waals surface area contributed by atoms with Crippen molar-refractivity contribution in [3.63, 3.8) is 0 Å². The van der Waals surface area contributed by atoms with Crippen LogP contribution < -0.4 is 10.0 Å². The molecule has 1 unspecified atom stereocenters. The van der Waals surface area contributed by atoms with Crippen LogP contribution >= 0.6 is 0 Å². The van der Waals surface area contributed by atoms with Crippen LogP contribution in [-0.4, -0.2) is 26.6 Å². The van der Waals surface area contributed by atoms with Crippen molar-refractivity contribution in [3.8, 4) is 0 Å². The fourth-order valence-electron chi connectivity index (χ4n) is 4.89. The number of carbonyl (C=O) groups excluding carboxylic acids is 2. The zero-order chi connectivity index (χ0) is 24.7. The Bertz CT molecular complexity index is 1420. The Balaban J connectivity index is 1.45. The zero-order valence-corrected chi connectivity index (χ0v) is 20.3. The monoisotopic (exact) mass is 490 g/mol. The fraction of sp³-hybridized carbons (Fsp3) is 0.259. The molecule has 2 aliphatic rings. The number of rotatable bonds is 6. The van der Waals surface area contributed by atoms with Gasteiger partial charge in [0.25, 0.3) is 10.0 Å². The first-order valence-electron chi connectivity index (χ1n) is 11.5. The van der Waals surface area contributed by atoms with Crippen molar-refractivity contribution >= 4 is 33.0 Å². The molecule has 2 heterocycles. The van der Waals surface area contributed by atoms with Crippen LogP contribution in [0.25, 0.3) is 0 Å². The number of anilines is 2. The van der Waals surface area contributed by atoms with E-state index >= 15 is 0 Å². The summed E-state index contributed by atoms with van der Waals surface area (Å²) in [6, 6.07) is 19.0. The molecule has 0 spiro atoms. The van der Waals surface area contributed by atoms with Gasteiger partial charge >= 0.3 is 0 Å². The van der Waals surface area contributed by atoms with Crippen LogP contribution in [0.3, 0.4) is 0 Å². The molecule has 0 saturated carbocycles. The van der Waals surface area contributed by atoms with E-state index in [0.29, 0.717) is 23.4 Å². The van der Waals surface area contributed by atoms with Crippen LogP contribution in [0.1, 0.15) is 64.3 Å². The van der Waals surface area contributed by atoms with Crippen molar-refractivity contribution in [2.24, 2.45) is 5.92 Å². The lowest BCUT2D eigenvalue weighted by atomic mass is 9.81. The Morgan fingerprint density at radius 1 is 0.943 bits per heavy atom. The summed E-state index contributed by atoms with van der Waals surface area (Å²) in [7, 11) is -3.87. The molecule has 3 aromatic rings. The summed E-state index contributed by atoms with van der Waals surface area (Å²) >= 11 is 0. The van der Waals surface area contributed by atoms with E-state index in [1.807, 2.05) is 24.3 Å². The highest BCUT2D eigenvalue weighted by atomic mass is 32.2. The van der Waals surface area contributed by atoms with Gasteiger partial charge in [0, 0.05) is 40.6 Å². The maximum Gasteiger partial charge on any atom is 0.261 e. The van der Waals surface area contributed by atoms with E-state index in [0.717, 1.165) is 23.2 Å². The lowest BCUT2D eigenvalue weighted by Crippen LogP contribution is -2.29. The smallest absolute Gasteiger partial charge is 0.261 e. The molecule has 1 fully saturated rings. The first kappa shape index (κ1) is 23.3. The summed E-state index contributed by atoms with van der Waals surface area (Å²) in [6.07, 6.45) is 0.600. The van der Waals surface area contributed by atoms with E-state index in [2.05, 4.69) is 10.0 Å². The van der Waals surface area contributed by atoms with Gasteiger partial charge in [-0.25, -0.2) is 8.42 Å². The highest BCUT2D eigenvalue weighted by Crippen LogP contribution is 2.50. The molecule has 180 valence electrons. The van der Waals surface area contributed by atoms with Crippen molar-refractivity contribution in [1.29, 1.82) is 0 Å². The molecule has 0 radical (unpaired) electrons. The number of ketones is 2. The summed E-state index contributed by atoms with van der Waals surface area (Å²) in [4.78, 5) is 23.4. The number of hydrogen-bond acceptors (Lipinski definition) is 6. The maximum atomic E-state index is 13.1. The van der Waals surface area contributed by atoms with Crippen LogP contribution in [0.2, 0.25) is 0 Å². The molecule has 0 bridgehead atoms. The van der Waals surface area contributed by atoms with Crippen LogP contribution in [0.5, 0.6) is 0 Å². The number of sulfonamides is 1. The molecule has 7 nitrogen and oxygen atoms in total. The van der Waals surface area contributed by atoms with Gasteiger partial charge in [-0.05, 0) is 56.2 Å². The molecule has 0 aromatic heterocycles. The van der Waals surface area contributed by atoms with Gasteiger partial charge in [0.15, 0.2) is 11.6 Å². The minimum absolute atomic E-state index is 0.00842. The number of nitrogens with one attached hydrogen (secondary N) is 2. The highest BCUT2D eigenvalue weighted by molar-refractivity contribution is 7.92. The van der Waals surface area contributed by atoms with E-state index < -0.39 is 10.0 Å². The molecule has 2 N–H and O–H groups in total. The molecule has 3 aromatic carbocycles. The van der Waals surface area contributed by atoms with E-state index in [1.165, 1.54) is 13.0 Å². The molecular weight excluding hydrogens is 464 g/mol. The predicted octanol–water partition coefficient (Wildman–Crippen LogP) is 5.14. The van der Waals surface area contributed by atoms with Crippen LogP contribution in [0.4, 0.5) is 11.4 Å². The normalized spacial score (nSPS) is 20.9. The second-order valence-corrected chi connectivity index (χ2v) is 10.7. The van der Waals surface area contributed by atoms with E-state index in [-0.39, 0.29) is 34.5 Å². The van der Waals surface area contributed by atoms with Gasteiger partial charge in [-0.15, -0.1) is 0 Å². The second-order valence-electron chi connectivity index (χ2n) is 9.04. The number of benzene rings is 3. The topological polar surface area (TPSA) is 102 Å². The number of ether oxygens (including phenoxy) is 1. The molecule has 5 rings (SSSR count). The van der Waals surface area contributed by atoms with Gasteiger partial charge in [0.05, 0.1) is 17.0 Å². The minimum atomic E-state index is -3.87. The molecule has 3 atom stereocenters. The Morgan fingerprint density at radius 3 is 2.40 bits per heavy atom. The molecular formula is C27H26N2O5S. The van der Waals surface area contributed by atoms with Gasteiger partial charge in [-0.1, -0.05) is 36.4 Å². The van der Waals surface area contributed by atoms with Gasteiger partial charge in [-0.3, -0.25) is 14.3 Å². The third kappa shape index (κ3) is 4.47. The highest BCUT2D eigenvalue weighted by Gasteiger charge is 2.42. The number of Topliss-reactive ketones (excluding diaryl/α,β-unsaturated/α-hetero) is 2. The van der Waals surface area contributed by atoms with E-state index in [9.17, 15) is 18.0 Å². The number of carbonyl (C=O) groups is 2. The third-order valence-electron chi connectivity index (χ3n) is 6.71. The number of fused-ring (bicyclic) bond motifs is 3. The molecule has 0 amide bonds. The zero-order valence-electron chi connectivity index (χ0n) is 19.4. The SMILES string of the molecule is CC(=O)c1ccc(C2Nc3ccc(S(=O)(=O)Nc4cccc(C(C)=O)c4)cc3[C@H]3OCC[C@@H]23)cc1. The van der Waals surface area contributed by atoms with Gasteiger partial charge < -0.3 is 10.1 Å². The first-order valence-corrected chi connectivity index (χ1v) is 13.0. The van der Waals surface area contributed by atoms with E-state index in [4.69, 9.17) is 4.74 Å². The van der Waals surface area contributed by atoms with Crippen LogP contribution in [0.15, 0.2) is 71.6 Å². The standard InChI is InChI=1S/C27H26N2O5S/c1-16(30)18-6-8-19(9-7-18)26-23-12-13-34-27(23)24-15-22(10-11-25(24)28-26)35(32,33)29-21-5-3-4-20(14-21)17(2)31/h3-11,14-15,23,26-29H,12-13H2,1-2H3/t23-,26?,27-/m0/s1. The number of hydrogen-bond donors (Lipinski definition) is 2. The molecule has 8 heteroatoms.